The molecule has 3 N–H and O–H groups in total. The van der Waals surface area contributed by atoms with Crippen LogP contribution in [0.15, 0.2) is 29.8 Å². The van der Waals surface area contributed by atoms with E-state index in [1.54, 1.807) is 25.2 Å². The van der Waals surface area contributed by atoms with Gasteiger partial charge in [-0.3, -0.25) is 14.4 Å². The second-order valence-corrected chi connectivity index (χ2v) is 10.6. The van der Waals surface area contributed by atoms with Crippen molar-refractivity contribution >= 4 is 29.1 Å². The summed E-state index contributed by atoms with van der Waals surface area (Å²) in [6, 6.07) is 6.22. The molecule has 0 saturated carbocycles. The molecular formula is C25H36N4O4S. The number of aliphatic hydroxyl groups excluding tert-OH is 1. The monoisotopic (exact) mass is 488 g/mol. The molecule has 8 nitrogen and oxygen atoms in total. The van der Waals surface area contributed by atoms with Crippen molar-refractivity contribution < 1.29 is 19.5 Å². The predicted molar refractivity (Wildman–Crippen MR) is 134 cm³/mol. The number of aryl methyl sites for hydroxylation is 1. The zero-order valence-electron chi connectivity index (χ0n) is 21.0. The van der Waals surface area contributed by atoms with Gasteiger partial charge in [0, 0.05) is 20.0 Å². The fourth-order valence-electron chi connectivity index (χ4n) is 3.57. The molecule has 3 amide bonds. The van der Waals surface area contributed by atoms with Crippen LogP contribution in [0.5, 0.6) is 0 Å². The minimum Gasteiger partial charge on any atom is -0.392 e. The summed E-state index contributed by atoms with van der Waals surface area (Å²) >= 11 is 1.58. The third-order valence-corrected chi connectivity index (χ3v) is 6.46. The summed E-state index contributed by atoms with van der Waals surface area (Å²) in [5.41, 5.74) is 4.22. The van der Waals surface area contributed by atoms with Gasteiger partial charge in [-0.15, -0.1) is 11.3 Å². The van der Waals surface area contributed by atoms with Crippen LogP contribution in [-0.4, -0.2) is 57.4 Å². The third-order valence-electron chi connectivity index (χ3n) is 5.48. The quantitative estimate of drug-likeness (QED) is 0.503. The summed E-state index contributed by atoms with van der Waals surface area (Å²) in [5.74, 6) is -1.08. The highest BCUT2D eigenvalue weighted by atomic mass is 32.1. The average Bonchev–Trinajstić information content (AvgIpc) is 3.18. The summed E-state index contributed by atoms with van der Waals surface area (Å²) in [4.78, 5) is 44.8. The van der Waals surface area contributed by atoms with Crippen molar-refractivity contribution in [1.82, 2.24) is 20.5 Å². The lowest BCUT2D eigenvalue weighted by Gasteiger charge is -2.37. The minimum atomic E-state index is -0.833. The molecule has 3 atom stereocenters. The van der Waals surface area contributed by atoms with E-state index >= 15 is 0 Å². The SMILES string of the molecule is CC(=O)N[C@H](C(=O)N(C[C@@H](C)O)[C@@H](C)C(=O)NCc1ccc(-c2scnc2C)cc1)C(C)(C)C. The lowest BCUT2D eigenvalue weighted by atomic mass is 9.85. The van der Waals surface area contributed by atoms with Crippen molar-refractivity contribution in [1.29, 1.82) is 0 Å². The average molecular weight is 489 g/mol. The van der Waals surface area contributed by atoms with E-state index in [9.17, 15) is 19.5 Å². The maximum absolute atomic E-state index is 13.4. The van der Waals surface area contributed by atoms with Crippen LogP contribution in [0.25, 0.3) is 10.4 Å². The van der Waals surface area contributed by atoms with Gasteiger partial charge in [0.15, 0.2) is 0 Å². The van der Waals surface area contributed by atoms with Crippen LogP contribution in [0, 0.1) is 12.3 Å². The molecule has 0 radical (unpaired) electrons. The molecule has 0 aliphatic carbocycles. The molecule has 9 heteroatoms. The van der Waals surface area contributed by atoms with Gasteiger partial charge in [-0.05, 0) is 37.3 Å². The van der Waals surface area contributed by atoms with E-state index in [0.717, 1.165) is 21.7 Å². The van der Waals surface area contributed by atoms with E-state index in [2.05, 4.69) is 15.6 Å². The molecular weight excluding hydrogens is 452 g/mol. The van der Waals surface area contributed by atoms with Crippen LogP contribution in [0.4, 0.5) is 0 Å². The number of rotatable bonds is 9. The Bertz CT molecular complexity index is 995. The molecule has 34 heavy (non-hydrogen) atoms. The summed E-state index contributed by atoms with van der Waals surface area (Å²) < 4.78 is 0. The molecule has 0 aliphatic heterocycles. The second kappa shape index (κ2) is 11.6. The molecule has 186 valence electrons. The molecule has 0 aliphatic rings. The maximum Gasteiger partial charge on any atom is 0.246 e. The number of hydrogen-bond acceptors (Lipinski definition) is 6. The van der Waals surface area contributed by atoms with E-state index in [1.807, 2.05) is 57.5 Å². The first-order valence-electron chi connectivity index (χ1n) is 11.3. The molecule has 2 rings (SSSR count). The number of thiazole rings is 1. The molecule has 1 aromatic heterocycles. The summed E-state index contributed by atoms with van der Waals surface area (Å²) in [5, 5.41) is 15.6. The fraction of sp³-hybridized carbons (Fsp3) is 0.520. The van der Waals surface area contributed by atoms with E-state index in [-0.39, 0.29) is 18.4 Å². The lowest BCUT2D eigenvalue weighted by molar-refractivity contribution is -0.146. The maximum atomic E-state index is 13.4. The number of carbonyl (C=O) groups is 3. The summed E-state index contributed by atoms with van der Waals surface area (Å²) in [7, 11) is 0. The Hall–Kier alpha value is -2.78. The molecule has 0 fully saturated rings. The normalized spacial score (nSPS) is 14.1. The van der Waals surface area contributed by atoms with Gasteiger partial charge in [0.25, 0.3) is 0 Å². The Morgan fingerprint density at radius 2 is 1.76 bits per heavy atom. The summed E-state index contributed by atoms with van der Waals surface area (Å²) in [6.07, 6.45) is -0.833. The first kappa shape index (κ1) is 27.5. The number of amides is 3. The van der Waals surface area contributed by atoms with Gasteiger partial charge in [-0.2, -0.15) is 0 Å². The predicted octanol–water partition coefficient (Wildman–Crippen LogP) is 2.88. The zero-order chi connectivity index (χ0) is 25.6. The Kier molecular flexibility index (Phi) is 9.35. The molecule has 0 saturated heterocycles. The first-order chi connectivity index (χ1) is 15.8. The molecule has 1 heterocycles. The van der Waals surface area contributed by atoms with Gasteiger partial charge < -0.3 is 20.6 Å². The Balaban J connectivity index is 2.11. The van der Waals surface area contributed by atoms with E-state index in [4.69, 9.17) is 0 Å². The Morgan fingerprint density at radius 1 is 1.15 bits per heavy atom. The highest BCUT2D eigenvalue weighted by Crippen LogP contribution is 2.27. The highest BCUT2D eigenvalue weighted by Gasteiger charge is 2.38. The standard InChI is InChI=1S/C25H36N4O4S/c1-15(30)13-29(24(33)22(25(5,6)7)28-18(4)31)17(3)23(32)26-12-19-8-10-20(11-9-19)21-16(2)27-14-34-21/h8-11,14-15,17,22,30H,12-13H2,1-7H3,(H,26,32)(H,28,31)/t15-,17+,22-/m1/s1. The Morgan fingerprint density at radius 3 is 2.24 bits per heavy atom. The van der Waals surface area contributed by atoms with Gasteiger partial charge in [0.1, 0.15) is 12.1 Å². The third kappa shape index (κ3) is 7.36. The smallest absolute Gasteiger partial charge is 0.246 e. The van der Waals surface area contributed by atoms with Crippen molar-refractivity contribution in [2.24, 2.45) is 5.41 Å². The first-order valence-corrected chi connectivity index (χ1v) is 12.2. The Labute approximate surface area is 205 Å². The summed E-state index contributed by atoms with van der Waals surface area (Å²) in [6.45, 7) is 12.3. The highest BCUT2D eigenvalue weighted by molar-refractivity contribution is 7.13. The number of nitrogens with zero attached hydrogens (tertiary/aromatic N) is 2. The number of nitrogens with one attached hydrogen (secondary N) is 2. The van der Waals surface area contributed by atoms with Crippen LogP contribution in [-0.2, 0) is 20.9 Å². The van der Waals surface area contributed by atoms with Crippen LogP contribution in [0.1, 0.15) is 52.8 Å². The molecule has 1 aromatic carbocycles. The molecule has 0 spiro atoms. The molecule has 0 unspecified atom stereocenters. The number of aromatic nitrogens is 1. The van der Waals surface area contributed by atoms with Crippen LogP contribution >= 0.6 is 11.3 Å². The van der Waals surface area contributed by atoms with Crippen molar-refractivity contribution in [3.8, 4) is 10.4 Å². The van der Waals surface area contributed by atoms with Gasteiger partial charge in [0.05, 0.1) is 22.2 Å². The van der Waals surface area contributed by atoms with Crippen LogP contribution in [0.3, 0.4) is 0 Å². The molecule has 2 aromatic rings. The minimum absolute atomic E-state index is 0.0253. The van der Waals surface area contributed by atoms with Crippen LogP contribution < -0.4 is 10.6 Å². The molecule has 0 bridgehead atoms. The van der Waals surface area contributed by atoms with E-state index < -0.39 is 29.5 Å². The lowest BCUT2D eigenvalue weighted by Crippen LogP contribution is -2.59. The van der Waals surface area contributed by atoms with Gasteiger partial charge in [-0.1, -0.05) is 45.0 Å². The topological polar surface area (TPSA) is 112 Å². The number of benzene rings is 1. The van der Waals surface area contributed by atoms with Gasteiger partial charge in [-0.25, -0.2) is 4.98 Å². The van der Waals surface area contributed by atoms with Crippen LogP contribution in [0.2, 0.25) is 0 Å². The van der Waals surface area contributed by atoms with E-state index in [0.29, 0.717) is 6.54 Å². The number of carbonyl (C=O) groups excluding carboxylic acids is 3. The number of hydrogen-bond donors (Lipinski definition) is 3. The van der Waals surface area contributed by atoms with Crippen molar-refractivity contribution in [3.63, 3.8) is 0 Å². The van der Waals surface area contributed by atoms with Crippen molar-refractivity contribution in [2.75, 3.05) is 6.54 Å². The number of aliphatic hydroxyl groups is 1. The zero-order valence-corrected chi connectivity index (χ0v) is 21.8. The van der Waals surface area contributed by atoms with Gasteiger partial charge >= 0.3 is 0 Å². The second-order valence-electron chi connectivity index (χ2n) is 9.70. The van der Waals surface area contributed by atoms with Crippen molar-refractivity contribution in [2.45, 2.75) is 73.2 Å². The van der Waals surface area contributed by atoms with E-state index in [1.165, 1.54) is 11.8 Å². The van der Waals surface area contributed by atoms with Crippen molar-refractivity contribution in [3.05, 3.63) is 41.0 Å². The fourth-order valence-corrected chi connectivity index (χ4v) is 4.38. The van der Waals surface area contributed by atoms with Gasteiger partial charge in [0.2, 0.25) is 17.7 Å². The largest absolute Gasteiger partial charge is 0.392 e.